The van der Waals surface area contributed by atoms with E-state index < -0.39 is 5.54 Å². The number of amides is 1. The van der Waals surface area contributed by atoms with Gasteiger partial charge in [0.05, 0.1) is 5.54 Å². The van der Waals surface area contributed by atoms with Gasteiger partial charge in [-0.05, 0) is 57.5 Å². The van der Waals surface area contributed by atoms with Crippen LogP contribution in [0.5, 0.6) is 11.5 Å². The summed E-state index contributed by atoms with van der Waals surface area (Å²) in [6.45, 7) is 3.79. The summed E-state index contributed by atoms with van der Waals surface area (Å²) < 4.78 is 10.6. The normalized spacial score (nSPS) is 24.9. The average Bonchev–Trinajstić information content (AvgIpc) is 2.95. The monoisotopic (exact) mass is 290 g/mol. The Labute approximate surface area is 125 Å². The van der Waals surface area contributed by atoms with Gasteiger partial charge in [-0.15, -0.1) is 0 Å². The number of carbonyl (C=O) groups is 1. The van der Waals surface area contributed by atoms with Crippen LogP contribution >= 0.6 is 0 Å². The van der Waals surface area contributed by atoms with Crippen molar-refractivity contribution in [2.24, 2.45) is 0 Å². The average molecular weight is 290 g/mol. The summed E-state index contributed by atoms with van der Waals surface area (Å²) in [5.74, 6) is 1.62. The first kappa shape index (κ1) is 14.2. The Bertz CT molecular complexity index is 546. The van der Waals surface area contributed by atoms with Gasteiger partial charge >= 0.3 is 0 Å². The van der Waals surface area contributed by atoms with Crippen molar-refractivity contribution in [2.45, 2.75) is 38.3 Å². The van der Waals surface area contributed by atoms with Gasteiger partial charge in [-0.25, -0.2) is 0 Å². The van der Waals surface area contributed by atoms with Crippen molar-refractivity contribution in [3.05, 3.63) is 23.8 Å². The van der Waals surface area contributed by atoms with E-state index in [9.17, 15) is 4.79 Å². The second-order valence-electron chi connectivity index (χ2n) is 6.02. The van der Waals surface area contributed by atoms with Crippen molar-refractivity contribution in [1.29, 1.82) is 0 Å². The first-order chi connectivity index (χ1) is 10.1. The molecular formula is C16H22N2O3. The molecule has 1 unspecified atom stereocenters. The zero-order valence-electron chi connectivity index (χ0n) is 12.6. The van der Waals surface area contributed by atoms with Crippen LogP contribution in [0, 0.1) is 0 Å². The molecule has 2 heterocycles. The Morgan fingerprint density at radius 2 is 2.14 bits per heavy atom. The fraction of sp³-hybridized carbons (Fsp3) is 0.562. The molecule has 1 N–H and O–H groups in total. The molecule has 2 aliphatic rings. The van der Waals surface area contributed by atoms with Gasteiger partial charge in [-0.1, -0.05) is 6.07 Å². The van der Waals surface area contributed by atoms with E-state index in [1.165, 1.54) is 6.42 Å². The fourth-order valence-electron chi connectivity index (χ4n) is 2.97. The largest absolute Gasteiger partial charge is 0.454 e. The third-order valence-electron chi connectivity index (χ3n) is 4.63. The molecule has 5 heteroatoms. The molecule has 0 aromatic heterocycles. The highest BCUT2D eigenvalue weighted by Crippen LogP contribution is 2.32. The Kier molecular flexibility index (Phi) is 3.76. The van der Waals surface area contributed by atoms with E-state index in [2.05, 4.69) is 10.2 Å². The molecule has 21 heavy (non-hydrogen) atoms. The van der Waals surface area contributed by atoms with Crippen LogP contribution in [0.4, 0.5) is 0 Å². The van der Waals surface area contributed by atoms with Crippen LogP contribution in [0.2, 0.25) is 0 Å². The lowest BCUT2D eigenvalue weighted by atomic mass is 9.88. The third kappa shape index (κ3) is 2.70. The Morgan fingerprint density at radius 1 is 1.33 bits per heavy atom. The van der Waals surface area contributed by atoms with Crippen molar-refractivity contribution in [3.63, 3.8) is 0 Å². The Hall–Kier alpha value is -1.75. The lowest BCUT2D eigenvalue weighted by Gasteiger charge is -2.41. The molecule has 0 bridgehead atoms. The van der Waals surface area contributed by atoms with Gasteiger partial charge in [-0.2, -0.15) is 0 Å². The summed E-state index contributed by atoms with van der Waals surface area (Å²) in [5, 5.41) is 3.05. The lowest BCUT2D eigenvalue weighted by molar-refractivity contribution is -0.133. The topological polar surface area (TPSA) is 50.8 Å². The van der Waals surface area contributed by atoms with E-state index in [1.807, 2.05) is 32.2 Å². The highest BCUT2D eigenvalue weighted by Gasteiger charge is 2.38. The standard InChI is InChI=1S/C16H22N2O3/c1-16(7-3-4-8-18(16)2)15(19)17-10-12-5-6-13-14(9-12)21-11-20-13/h5-6,9H,3-4,7-8,10-11H2,1-2H3,(H,17,19). The Morgan fingerprint density at radius 3 is 2.95 bits per heavy atom. The molecule has 0 radical (unpaired) electrons. The molecule has 1 aromatic rings. The minimum Gasteiger partial charge on any atom is -0.454 e. The molecule has 0 saturated carbocycles. The van der Waals surface area contributed by atoms with E-state index in [0.717, 1.165) is 36.4 Å². The van der Waals surface area contributed by atoms with Crippen molar-refractivity contribution < 1.29 is 14.3 Å². The van der Waals surface area contributed by atoms with Crippen molar-refractivity contribution in [2.75, 3.05) is 20.4 Å². The fourth-order valence-corrected chi connectivity index (χ4v) is 2.97. The molecular weight excluding hydrogens is 268 g/mol. The van der Waals surface area contributed by atoms with Crippen LogP contribution in [-0.2, 0) is 11.3 Å². The molecule has 1 saturated heterocycles. The third-order valence-corrected chi connectivity index (χ3v) is 4.63. The Balaban J connectivity index is 1.63. The van der Waals surface area contributed by atoms with Gasteiger partial charge in [0, 0.05) is 6.54 Å². The second kappa shape index (κ2) is 5.56. The van der Waals surface area contributed by atoms with E-state index in [1.54, 1.807) is 0 Å². The highest BCUT2D eigenvalue weighted by atomic mass is 16.7. The number of hydrogen-bond acceptors (Lipinski definition) is 4. The molecule has 3 rings (SSSR count). The quantitative estimate of drug-likeness (QED) is 0.924. The molecule has 1 atom stereocenters. The second-order valence-corrected chi connectivity index (χ2v) is 6.02. The number of fused-ring (bicyclic) bond motifs is 1. The van der Waals surface area contributed by atoms with E-state index in [0.29, 0.717) is 6.54 Å². The molecule has 1 amide bonds. The number of likely N-dealkylation sites (tertiary alicyclic amines) is 1. The molecule has 5 nitrogen and oxygen atoms in total. The smallest absolute Gasteiger partial charge is 0.240 e. The van der Waals surface area contributed by atoms with Crippen molar-refractivity contribution >= 4 is 5.91 Å². The van der Waals surface area contributed by atoms with Gasteiger partial charge in [-0.3, -0.25) is 9.69 Å². The molecule has 0 spiro atoms. The van der Waals surface area contributed by atoms with E-state index in [-0.39, 0.29) is 12.7 Å². The van der Waals surface area contributed by atoms with E-state index in [4.69, 9.17) is 9.47 Å². The van der Waals surface area contributed by atoms with Crippen LogP contribution in [0.15, 0.2) is 18.2 Å². The van der Waals surface area contributed by atoms with Crippen molar-refractivity contribution in [3.8, 4) is 11.5 Å². The number of carbonyl (C=O) groups excluding carboxylic acids is 1. The van der Waals surface area contributed by atoms with Crippen LogP contribution in [0.3, 0.4) is 0 Å². The zero-order chi connectivity index (χ0) is 14.9. The number of benzene rings is 1. The van der Waals surface area contributed by atoms with Gasteiger partial charge in [0.2, 0.25) is 12.7 Å². The number of nitrogens with zero attached hydrogens (tertiary/aromatic N) is 1. The first-order valence-corrected chi connectivity index (χ1v) is 7.48. The van der Waals surface area contributed by atoms with Gasteiger partial charge in [0.25, 0.3) is 0 Å². The maximum atomic E-state index is 12.5. The number of ether oxygens (including phenoxy) is 2. The van der Waals surface area contributed by atoms with Gasteiger partial charge in [0.1, 0.15) is 0 Å². The minimum atomic E-state index is -0.394. The van der Waals surface area contributed by atoms with Crippen LogP contribution in [0.1, 0.15) is 31.7 Å². The number of piperidine rings is 1. The summed E-state index contributed by atoms with van der Waals surface area (Å²) >= 11 is 0. The minimum absolute atomic E-state index is 0.0994. The highest BCUT2D eigenvalue weighted by molar-refractivity contribution is 5.85. The molecule has 1 aromatic carbocycles. The molecule has 2 aliphatic heterocycles. The van der Waals surface area contributed by atoms with Gasteiger partial charge in [0.15, 0.2) is 11.5 Å². The van der Waals surface area contributed by atoms with Gasteiger partial charge < -0.3 is 14.8 Å². The predicted octanol–water partition coefficient (Wildman–Crippen LogP) is 1.91. The first-order valence-electron chi connectivity index (χ1n) is 7.48. The summed E-state index contributed by atoms with van der Waals surface area (Å²) in [6.07, 6.45) is 3.19. The number of nitrogens with one attached hydrogen (secondary N) is 1. The summed E-state index contributed by atoms with van der Waals surface area (Å²) in [5.41, 5.74) is 0.629. The lowest BCUT2D eigenvalue weighted by Crippen LogP contribution is -2.57. The number of rotatable bonds is 3. The molecule has 1 fully saturated rings. The molecule has 114 valence electrons. The SMILES string of the molecule is CN1CCCCC1(C)C(=O)NCc1ccc2c(c1)OCO2. The predicted molar refractivity (Wildman–Crippen MR) is 79.3 cm³/mol. The number of likely N-dealkylation sites (N-methyl/N-ethyl adjacent to an activating group) is 1. The van der Waals surface area contributed by atoms with Crippen molar-refractivity contribution in [1.82, 2.24) is 10.2 Å². The zero-order valence-corrected chi connectivity index (χ0v) is 12.6. The van der Waals surface area contributed by atoms with Crippen LogP contribution in [0.25, 0.3) is 0 Å². The summed E-state index contributed by atoms with van der Waals surface area (Å²) in [7, 11) is 2.03. The number of hydrogen-bond donors (Lipinski definition) is 1. The maximum Gasteiger partial charge on any atom is 0.240 e. The maximum absolute atomic E-state index is 12.5. The molecule has 0 aliphatic carbocycles. The summed E-state index contributed by atoms with van der Waals surface area (Å²) in [6, 6.07) is 5.77. The van der Waals surface area contributed by atoms with Crippen LogP contribution < -0.4 is 14.8 Å². The van der Waals surface area contributed by atoms with Crippen LogP contribution in [-0.4, -0.2) is 36.7 Å². The van der Waals surface area contributed by atoms with E-state index >= 15 is 0 Å². The summed E-state index contributed by atoms with van der Waals surface area (Å²) in [4.78, 5) is 14.7.